The van der Waals surface area contributed by atoms with E-state index in [2.05, 4.69) is 0 Å². The van der Waals surface area contributed by atoms with E-state index in [9.17, 15) is 9.59 Å². The number of hydrogen-bond donors (Lipinski definition) is 0. The normalized spacial score (nSPS) is 11.2. The summed E-state index contributed by atoms with van der Waals surface area (Å²) < 4.78 is 10.2. The first-order chi connectivity index (χ1) is 9.34. The third-order valence-electron chi connectivity index (χ3n) is 2.75. The summed E-state index contributed by atoms with van der Waals surface area (Å²) in [6, 6.07) is 3.59. The van der Waals surface area contributed by atoms with Gasteiger partial charge in [-0.25, -0.2) is 0 Å². The maximum Gasteiger partial charge on any atom is 0.307 e. The van der Waals surface area contributed by atoms with Gasteiger partial charge in [0.15, 0.2) is 0 Å². The highest BCUT2D eigenvalue weighted by atomic mass is 16.5. The van der Waals surface area contributed by atoms with E-state index in [-0.39, 0.29) is 18.3 Å². The Morgan fingerprint density at radius 3 is 2.55 bits per heavy atom. The zero-order valence-corrected chi connectivity index (χ0v) is 12.6. The first-order valence-electron chi connectivity index (χ1n) is 6.82. The average Bonchev–Trinajstić information content (AvgIpc) is 2.85. The van der Waals surface area contributed by atoms with Gasteiger partial charge in [0.05, 0.1) is 25.8 Å². The van der Waals surface area contributed by atoms with Gasteiger partial charge in [-0.2, -0.15) is 0 Å². The molecule has 0 atom stereocenters. The van der Waals surface area contributed by atoms with Crippen molar-refractivity contribution in [2.75, 3.05) is 13.2 Å². The summed E-state index contributed by atoms with van der Waals surface area (Å²) in [5.74, 6) is 0.392. The zero-order chi connectivity index (χ0) is 15.2. The molecule has 0 aliphatic carbocycles. The van der Waals surface area contributed by atoms with Crippen molar-refractivity contribution in [3.63, 3.8) is 0 Å². The molecule has 20 heavy (non-hydrogen) atoms. The molecule has 0 saturated carbocycles. The maximum absolute atomic E-state index is 12.4. The van der Waals surface area contributed by atoms with E-state index in [4.69, 9.17) is 9.15 Å². The first kappa shape index (κ1) is 16.3. The molecule has 1 rings (SSSR count). The predicted octanol–water partition coefficient (Wildman–Crippen LogP) is 2.61. The molecule has 1 amide bonds. The van der Waals surface area contributed by atoms with Crippen LogP contribution in [-0.4, -0.2) is 29.9 Å². The molecule has 0 aliphatic rings. The lowest BCUT2D eigenvalue weighted by Crippen LogP contribution is -2.40. The molecule has 1 heterocycles. The number of furan rings is 1. The Bertz CT molecular complexity index is 431. The molecule has 0 radical (unpaired) electrons. The topological polar surface area (TPSA) is 59.8 Å². The van der Waals surface area contributed by atoms with Gasteiger partial charge in [-0.3, -0.25) is 9.59 Å². The molecule has 0 unspecified atom stereocenters. The fourth-order valence-electron chi connectivity index (χ4n) is 1.78. The molecular weight excluding hydrogens is 258 g/mol. The van der Waals surface area contributed by atoms with Crippen LogP contribution in [0.5, 0.6) is 0 Å². The molecule has 0 aliphatic heterocycles. The molecule has 0 fully saturated rings. The Labute approximate surface area is 119 Å². The van der Waals surface area contributed by atoms with Crippen LogP contribution in [0.2, 0.25) is 0 Å². The Hall–Kier alpha value is -1.78. The number of nitrogens with zero attached hydrogens (tertiary/aromatic N) is 1. The summed E-state index contributed by atoms with van der Waals surface area (Å²) in [6.45, 7) is 8.37. The van der Waals surface area contributed by atoms with Gasteiger partial charge in [-0.05, 0) is 19.1 Å². The molecule has 5 nitrogen and oxygen atoms in total. The Morgan fingerprint density at radius 1 is 1.35 bits per heavy atom. The minimum atomic E-state index is -0.499. The van der Waals surface area contributed by atoms with Gasteiger partial charge in [-0.1, -0.05) is 20.8 Å². The van der Waals surface area contributed by atoms with E-state index in [1.807, 2.05) is 26.8 Å². The minimum Gasteiger partial charge on any atom is -0.467 e. The van der Waals surface area contributed by atoms with Crippen molar-refractivity contribution in [3.8, 4) is 0 Å². The fraction of sp³-hybridized carbons (Fsp3) is 0.600. The molecular formula is C15H23NO4. The molecule has 0 saturated heterocycles. The Balaban J connectivity index is 2.69. The lowest BCUT2D eigenvalue weighted by Gasteiger charge is -2.28. The smallest absolute Gasteiger partial charge is 0.307 e. The predicted molar refractivity (Wildman–Crippen MR) is 74.8 cm³/mol. The number of rotatable bonds is 6. The van der Waals surface area contributed by atoms with Crippen molar-refractivity contribution in [3.05, 3.63) is 24.2 Å². The second-order valence-electron chi connectivity index (χ2n) is 5.61. The summed E-state index contributed by atoms with van der Waals surface area (Å²) in [6.07, 6.45) is 1.76. The van der Waals surface area contributed by atoms with Gasteiger partial charge in [0.2, 0.25) is 5.91 Å². The largest absolute Gasteiger partial charge is 0.467 e. The number of hydrogen-bond acceptors (Lipinski definition) is 4. The number of amides is 1. The maximum atomic E-state index is 12.4. The highest BCUT2D eigenvalue weighted by Gasteiger charge is 2.28. The van der Waals surface area contributed by atoms with E-state index < -0.39 is 5.41 Å². The van der Waals surface area contributed by atoms with Crippen molar-refractivity contribution in [2.24, 2.45) is 5.41 Å². The van der Waals surface area contributed by atoms with Gasteiger partial charge in [0, 0.05) is 12.0 Å². The van der Waals surface area contributed by atoms with Crippen molar-refractivity contribution in [1.29, 1.82) is 0 Å². The van der Waals surface area contributed by atoms with Crippen LogP contribution < -0.4 is 0 Å². The van der Waals surface area contributed by atoms with Gasteiger partial charge in [0.1, 0.15) is 5.76 Å². The van der Waals surface area contributed by atoms with Gasteiger partial charge in [0.25, 0.3) is 0 Å². The lowest BCUT2D eigenvalue weighted by atomic mass is 9.94. The number of ether oxygens (including phenoxy) is 1. The zero-order valence-electron chi connectivity index (χ0n) is 12.6. The van der Waals surface area contributed by atoms with E-state index in [1.165, 1.54) is 0 Å². The highest BCUT2D eigenvalue weighted by Crippen LogP contribution is 2.19. The van der Waals surface area contributed by atoms with E-state index >= 15 is 0 Å². The van der Waals surface area contributed by atoms with Crippen LogP contribution in [0.25, 0.3) is 0 Å². The second-order valence-corrected chi connectivity index (χ2v) is 5.61. The van der Waals surface area contributed by atoms with E-state index in [0.717, 1.165) is 0 Å². The molecule has 1 aromatic heterocycles. The van der Waals surface area contributed by atoms with Crippen LogP contribution in [0.3, 0.4) is 0 Å². The minimum absolute atomic E-state index is 0.0156. The van der Waals surface area contributed by atoms with Crippen LogP contribution in [-0.2, 0) is 20.9 Å². The molecule has 0 spiro atoms. The first-order valence-corrected chi connectivity index (χ1v) is 6.82. The molecule has 5 heteroatoms. The van der Waals surface area contributed by atoms with E-state index in [0.29, 0.717) is 25.5 Å². The van der Waals surface area contributed by atoms with Crippen molar-refractivity contribution in [2.45, 2.75) is 40.7 Å². The highest BCUT2D eigenvalue weighted by molar-refractivity contribution is 5.82. The van der Waals surface area contributed by atoms with Crippen molar-refractivity contribution >= 4 is 11.9 Å². The van der Waals surface area contributed by atoms with E-state index in [1.54, 1.807) is 24.2 Å². The van der Waals surface area contributed by atoms with Crippen LogP contribution in [0.4, 0.5) is 0 Å². The van der Waals surface area contributed by atoms with Crippen LogP contribution >= 0.6 is 0 Å². The monoisotopic (exact) mass is 281 g/mol. The molecule has 1 aromatic rings. The third-order valence-corrected chi connectivity index (χ3v) is 2.75. The SMILES string of the molecule is CCOC(=O)CCN(Cc1ccco1)C(=O)C(C)(C)C. The Kier molecular flexibility index (Phi) is 5.80. The molecule has 0 N–H and O–H groups in total. The van der Waals surface area contributed by atoms with Gasteiger partial charge in [-0.15, -0.1) is 0 Å². The summed E-state index contributed by atoms with van der Waals surface area (Å²) in [7, 11) is 0. The van der Waals surface area contributed by atoms with Gasteiger partial charge >= 0.3 is 5.97 Å². The summed E-state index contributed by atoms with van der Waals surface area (Å²) in [4.78, 5) is 25.5. The van der Waals surface area contributed by atoms with Gasteiger partial charge < -0.3 is 14.1 Å². The standard InChI is InChI=1S/C15H23NO4/c1-5-19-13(17)8-9-16(14(18)15(2,3)4)11-12-7-6-10-20-12/h6-7,10H,5,8-9,11H2,1-4H3. The van der Waals surface area contributed by atoms with Crippen molar-refractivity contribution in [1.82, 2.24) is 4.90 Å². The summed E-state index contributed by atoms with van der Waals surface area (Å²) in [5, 5.41) is 0. The van der Waals surface area contributed by atoms with Crippen molar-refractivity contribution < 1.29 is 18.7 Å². The molecule has 0 bridgehead atoms. The second kappa shape index (κ2) is 7.12. The molecule has 0 aromatic carbocycles. The quantitative estimate of drug-likeness (QED) is 0.752. The number of carbonyl (C=O) groups is 2. The molecule has 112 valence electrons. The third kappa shape index (κ3) is 5.07. The Morgan fingerprint density at radius 2 is 2.05 bits per heavy atom. The fourth-order valence-corrected chi connectivity index (χ4v) is 1.78. The number of esters is 1. The van der Waals surface area contributed by atoms with Crippen LogP contribution in [0.1, 0.15) is 39.9 Å². The summed E-state index contributed by atoms with van der Waals surface area (Å²) in [5.41, 5.74) is -0.499. The number of carbonyl (C=O) groups excluding carboxylic acids is 2. The average molecular weight is 281 g/mol. The van der Waals surface area contributed by atoms with Crippen LogP contribution in [0.15, 0.2) is 22.8 Å². The van der Waals surface area contributed by atoms with Crippen LogP contribution in [0, 0.1) is 5.41 Å². The lowest BCUT2D eigenvalue weighted by molar-refractivity contribution is -0.145. The summed E-state index contributed by atoms with van der Waals surface area (Å²) >= 11 is 0.